The summed E-state index contributed by atoms with van der Waals surface area (Å²) < 4.78 is 10.5. The van der Waals surface area contributed by atoms with Gasteiger partial charge in [0, 0.05) is 5.56 Å². The minimum atomic E-state index is -0.570. The van der Waals surface area contributed by atoms with Gasteiger partial charge < -0.3 is 9.47 Å². The van der Waals surface area contributed by atoms with Gasteiger partial charge in [0.1, 0.15) is 18.3 Å². The van der Waals surface area contributed by atoms with Crippen LogP contribution in [0.2, 0.25) is 0 Å². The summed E-state index contributed by atoms with van der Waals surface area (Å²) in [6, 6.07) is 11.7. The zero-order valence-corrected chi connectivity index (χ0v) is 15.0. The number of epoxide rings is 1. The van der Waals surface area contributed by atoms with Crippen molar-refractivity contribution < 1.29 is 19.2 Å². The third-order valence-electron chi connectivity index (χ3n) is 4.27. The van der Waals surface area contributed by atoms with Crippen LogP contribution >= 0.6 is 0 Å². The molecule has 3 rings (SSSR count). The quantitative estimate of drug-likeness (QED) is 0.340. The van der Waals surface area contributed by atoms with Crippen LogP contribution in [0, 0.1) is 10.1 Å². The molecule has 0 saturated carbocycles. The summed E-state index contributed by atoms with van der Waals surface area (Å²) >= 11 is 0. The largest absolute Gasteiger partial charge is 0.484 e. The molecule has 0 spiro atoms. The molecule has 1 unspecified atom stereocenters. The van der Waals surface area contributed by atoms with Gasteiger partial charge >= 0.3 is 5.69 Å². The number of ketones is 1. The van der Waals surface area contributed by atoms with Crippen molar-refractivity contribution in [2.75, 3.05) is 13.2 Å². The molecule has 6 nitrogen and oxygen atoms in total. The minimum Gasteiger partial charge on any atom is -0.484 e. The fourth-order valence-corrected chi connectivity index (χ4v) is 2.63. The number of hydrogen-bond acceptors (Lipinski definition) is 5. The zero-order chi connectivity index (χ0) is 18.9. The molecule has 0 aromatic heterocycles. The molecule has 1 atom stereocenters. The number of nitrogens with zero attached hydrogens (tertiary/aromatic N) is 1. The van der Waals surface area contributed by atoms with Gasteiger partial charge in [-0.2, -0.15) is 0 Å². The Balaban J connectivity index is 1.92. The highest BCUT2D eigenvalue weighted by Crippen LogP contribution is 2.33. The molecule has 1 heterocycles. The number of rotatable bonds is 6. The summed E-state index contributed by atoms with van der Waals surface area (Å²) in [4.78, 5) is 23.8. The van der Waals surface area contributed by atoms with E-state index in [4.69, 9.17) is 9.47 Å². The van der Waals surface area contributed by atoms with Crippen molar-refractivity contribution in [3.63, 3.8) is 0 Å². The second kappa shape index (κ2) is 6.88. The summed E-state index contributed by atoms with van der Waals surface area (Å²) in [7, 11) is 0. The number of carbonyl (C=O) groups is 1. The van der Waals surface area contributed by atoms with E-state index in [1.54, 1.807) is 18.2 Å². The first-order valence-electron chi connectivity index (χ1n) is 8.44. The van der Waals surface area contributed by atoms with Gasteiger partial charge in [-0.3, -0.25) is 14.9 Å². The van der Waals surface area contributed by atoms with Gasteiger partial charge in [0.15, 0.2) is 11.5 Å². The molecule has 1 aliphatic rings. The first-order chi connectivity index (χ1) is 12.3. The van der Waals surface area contributed by atoms with Gasteiger partial charge in [0.05, 0.1) is 11.5 Å². The topological polar surface area (TPSA) is 82.0 Å². The van der Waals surface area contributed by atoms with Crippen LogP contribution < -0.4 is 4.74 Å². The Bertz CT molecular complexity index is 832. The Morgan fingerprint density at radius 2 is 1.88 bits per heavy atom. The number of nitro groups is 1. The first-order valence-corrected chi connectivity index (χ1v) is 8.44. The molecule has 2 aromatic carbocycles. The van der Waals surface area contributed by atoms with E-state index < -0.39 is 10.7 Å². The normalized spacial score (nSPS) is 16.2. The number of para-hydroxylation sites is 1. The molecule has 1 saturated heterocycles. The Morgan fingerprint density at radius 3 is 2.42 bits per heavy atom. The lowest BCUT2D eigenvalue weighted by Crippen LogP contribution is -2.12. The minimum absolute atomic E-state index is 0.0210. The van der Waals surface area contributed by atoms with Gasteiger partial charge in [-0.05, 0) is 23.1 Å². The van der Waals surface area contributed by atoms with Gasteiger partial charge in [-0.1, -0.05) is 51.1 Å². The predicted molar refractivity (Wildman–Crippen MR) is 96.9 cm³/mol. The second-order valence-corrected chi connectivity index (χ2v) is 7.33. The van der Waals surface area contributed by atoms with Crippen molar-refractivity contribution in [3.05, 3.63) is 69.3 Å². The molecule has 6 heteroatoms. The molecule has 0 radical (unpaired) electrons. The molecule has 26 heavy (non-hydrogen) atoms. The fraction of sp³-hybridized carbons (Fsp3) is 0.350. The van der Waals surface area contributed by atoms with Gasteiger partial charge in [0.25, 0.3) is 0 Å². The second-order valence-electron chi connectivity index (χ2n) is 7.33. The summed E-state index contributed by atoms with van der Waals surface area (Å²) in [5.41, 5.74) is 1.17. The highest BCUT2D eigenvalue weighted by Gasteiger charge is 2.29. The predicted octanol–water partition coefficient (Wildman–Crippen LogP) is 3.90. The maximum absolute atomic E-state index is 12.9. The van der Waals surface area contributed by atoms with Crippen molar-refractivity contribution >= 4 is 11.5 Å². The molecule has 2 aromatic rings. The number of carbonyl (C=O) groups excluding carboxylic acids is 1. The van der Waals surface area contributed by atoms with Crippen LogP contribution in [0.1, 0.15) is 42.3 Å². The van der Waals surface area contributed by atoms with E-state index in [2.05, 4.69) is 20.8 Å². The van der Waals surface area contributed by atoms with E-state index >= 15 is 0 Å². The van der Waals surface area contributed by atoms with Crippen LogP contribution in [0.5, 0.6) is 5.75 Å². The number of nitro benzene ring substituents is 1. The molecular formula is C20H21NO5. The Hall–Kier alpha value is -2.73. The lowest BCUT2D eigenvalue weighted by molar-refractivity contribution is -0.386. The molecule has 136 valence electrons. The van der Waals surface area contributed by atoms with Gasteiger partial charge in [0.2, 0.25) is 0 Å². The Kier molecular flexibility index (Phi) is 4.78. The monoisotopic (exact) mass is 355 g/mol. The van der Waals surface area contributed by atoms with Gasteiger partial charge in [-0.25, -0.2) is 0 Å². The van der Waals surface area contributed by atoms with Gasteiger partial charge in [-0.15, -0.1) is 0 Å². The summed E-state index contributed by atoms with van der Waals surface area (Å²) in [5.74, 6) is -0.312. The van der Waals surface area contributed by atoms with Crippen LogP contribution in [-0.2, 0) is 10.2 Å². The molecule has 0 amide bonds. The van der Waals surface area contributed by atoms with Crippen molar-refractivity contribution in [1.29, 1.82) is 0 Å². The van der Waals surface area contributed by atoms with Crippen molar-refractivity contribution in [1.82, 2.24) is 0 Å². The van der Waals surface area contributed by atoms with E-state index in [1.165, 1.54) is 12.1 Å². The molecule has 0 bridgehead atoms. The lowest BCUT2D eigenvalue weighted by atomic mass is 9.86. The van der Waals surface area contributed by atoms with E-state index in [-0.39, 0.29) is 35.1 Å². The average Bonchev–Trinajstić information content (AvgIpc) is 3.42. The highest BCUT2D eigenvalue weighted by atomic mass is 16.6. The first kappa shape index (κ1) is 18.1. The lowest BCUT2D eigenvalue weighted by Gasteiger charge is -2.19. The third kappa shape index (κ3) is 3.91. The fourth-order valence-electron chi connectivity index (χ4n) is 2.63. The third-order valence-corrected chi connectivity index (χ3v) is 4.27. The van der Waals surface area contributed by atoms with E-state index in [0.29, 0.717) is 12.2 Å². The maximum Gasteiger partial charge on any atom is 0.322 e. The van der Waals surface area contributed by atoms with Crippen LogP contribution in [0.25, 0.3) is 0 Å². The van der Waals surface area contributed by atoms with E-state index in [9.17, 15) is 14.9 Å². The Morgan fingerprint density at radius 1 is 1.23 bits per heavy atom. The number of benzene rings is 2. The molecule has 1 fully saturated rings. The van der Waals surface area contributed by atoms with Crippen LogP contribution in [0.4, 0.5) is 5.69 Å². The van der Waals surface area contributed by atoms with E-state index in [1.807, 2.05) is 12.1 Å². The van der Waals surface area contributed by atoms with Crippen LogP contribution in [0.3, 0.4) is 0 Å². The summed E-state index contributed by atoms with van der Waals surface area (Å²) in [6.07, 6.45) is -0.0288. The summed E-state index contributed by atoms with van der Waals surface area (Å²) in [6.45, 7) is 7.07. The number of hydrogen-bond donors (Lipinski definition) is 0. The molecule has 0 aliphatic carbocycles. The van der Waals surface area contributed by atoms with E-state index in [0.717, 1.165) is 5.56 Å². The maximum atomic E-state index is 12.9. The molecule has 1 aliphatic heterocycles. The zero-order valence-electron chi connectivity index (χ0n) is 15.0. The highest BCUT2D eigenvalue weighted by molar-refractivity contribution is 6.12. The van der Waals surface area contributed by atoms with Crippen molar-refractivity contribution in [3.8, 4) is 5.75 Å². The number of ether oxygens (including phenoxy) is 2. The molecular weight excluding hydrogens is 334 g/mol. The summed E-state index contributed by atoms with van der Waals surface area (Å²) in [5, 5.41) is 11.6. The smallest absolute Gasteiger partial charge is 0.322 e. The Labute approximate surface area is 151 Å². The average molecular weight is 355 g/mol. The van der Waals surface area contributed by atoms with Crippen LogP contribution in [0.15, 0.2) is 42.5 Å². The SMILES string of the molecule is CC(C)(C)c1ccc(C(=O)c2cccc(OCC3CO3)c2[N+](=O)[O-])cc1. The molecule has 0 N–H and O–H groups in total. The van der Waals surface area contributed by atoms with Crippen molar-refractivity contribution in [2.45, 2.75) is 32.3 Å². The van der Waals surface area contributed by atoms with Crippen molar-refractivity contribution in [2.24, 2.45) is 0 Å². The standard InChI is InChI=1S/C20H21NO5/c1-20(2,3)14-9-7-13(8-10-14)19(22)16-5-4-6-17(18(16)21(23)24)26-12-15-11-25-15/h4-10,15H,11-12H2,1-3H3. The van der Waals surface area contributed by atoms with Crippen LogP contribution in [-0.4, -0.2) is 30.0 Å².